The number of furan rings is 1. The number of carbonyl (C=O) groups excluding carboxylic acids is 1. The standard InChI is InChI=1S/C20H22N4O2S/c1-3-4-7-12-27-20-22-19(25)17-14-8-5-6-9-15(14)21-18(24(17)23-20)16-11-10-13(2)26-16/h5-6,8-11,18H,3-4,7,12H2,1-2H3,(H,22,23,25). The maximum atomic E-state index is 12.9. The van der Waals surface area contributed by atoms with Crippen LogP contribution in [0.3, 0.4) is 0 Å². The maximum absolute atomic E-state index is 12.9. The highest BCUT2D eigenvalue weighted by atomic mass is 32.2. The Balaban J connectivity index is 1.76. The molecule has 0 bridgehead atoms. The van der Waals surface area contributed by atoms with Crippen LogP contribution in [0.5, 0.6) is 0 Å². The van der Waals surface area contributed by atoms with Crippen molar-refractivity contribution < 1.29 is 9.21 Å². The average Bonchev–Trinajstić information content (AvgIpc) is 3.10. The normalized spacial score (nSPS) is 18.4. The van der Waals surface area contributed by atoms with E-state index in [9.17, 15) is 4.79 Å². The van der Waals surface area contributed by atoms with Gasteiger partial charge in [0, 0.05) is 11.0 Å². The molecule has 3 heterocycles. The van der Waals surface area contributed by atoms with Crippen molar-refractivity contribution in [2.24, 2.45) is 10.1 Å². The Bertz CT molecular complexity index is 1010. The number of thioether (sulfide) groups is 1. The smallest absolute Gasteiger partial charge is 0.276 e. The average molecular weight is 382 g/mol. The number of hydrazone groups is 1. The lowest BCUT2D eigenvalue weighted by molar-refractivity contribution is -0.116. The van der Waals surface area contributed by atoms with Gasteiger partial charge in [0.1, 0.15) is 11.5 Å². The van der Waals surface area contributed by atoms with Gasteiger partial charge in [0.05, 0.1) is 5.36 Å². The zero-order valence-electron chi connectivity index (χ0n) is 15.4. The number of benzene rings is 1. The molecule has 0 fully saturated rings. The van der Waals surface area contributed by atoms with Crippen LogP contribution in [0.1, 0.15) is 43.9 Å². The van der Waals surface area contributed by atoms with E-state index in [-0.39, 0.29) is 5.91 Å². The largest absolute Gasteiger partial charge is 0.462 e. The lowest BCUT2D eigenvalue weighted by Crippen LogP contribution is -2.50. The van der Waals surface area contributed by atoms with Crippen molar-refractivity contribution in [1.82, 2.24) is 10.3 Å². The number of hydrogen-bond donors (Lipinski definition) is 1. The van der Waals surface area contributed by atoms with Gasteiger partial charge in [0.25, 0.3) is 5.91 Å². The number of unbranched alkanes of at least 4 members (excludes halogenated alkanes) is 2. The Morgan fingerprint density at radius 1 is 1.22 bits per heavy atom. The molecule has 0 aliphatic carbocycles. The van der Waals surface area contributed by atoms with Crippen molar-refractivity contribution in [2.45, 2.75) is 39.3 Å². The quantitative estimate of drug-likeness (QED) is 0.807. The zero-order chi connectivity index (χ0) is 18.8. The molecule has 2 aliphatic rings. The summed E-state index contributed by atoms with van der Waals surface area (Å²) in [6, 6.07) is 11.4. The van der Waals surface area contributed by atoms with Crippen molar-refractivity contribution in [1.29, 1.82) is 0 Å². The molecule has 140 valence electrons. The summed E-state index contributed by atoms with van der Waals surface area (Å²) in [5.74, 6) is 2.25. The predicted molar refractivity (Wildman–Crippen MR) is 106 cm³/mol. The highest BCUT2D eigenvalue weighted by molar-refractivity contribution is 8.13. The summed E-state index contributed by atoms with van der Waals surface area (Å²) in [4.78, 5) is 17.7. The van der Waals surface area contributed by atoms with Crippen molar-refractivity contribution >= 4 is 28.5 Å². The van der Waals surface area contributed by atoms with E-state index >= 15 is 0 Å². The van der Waals surface area contributed by atoms with Gasteiger partial charge < -0.3 is 4.42 Å². The van der Waals surface area contributed by atoms with E-state index in [0.29, 0.717) is 16.6 Å². The lowest BCUT2D eigenvalue weighted by atomic mass is 10.1. The number of carbonyl (C=O) groups is 1. The van der Waals surface area contributed by atoms with Crippen LogP contribution >= 0.6 is 11.8 Å². The minimum atomic E-state index is -0.485. The third-order valence-corrected chi connectivity index (χ3v) is 5.47. The number of amidine groups is 1. The summed E-state index contributed by atoms with van der Waals surface area (Å²) in [5, 5.41) is 11.5. The van der Waals surface area contributed by atoms with Gasteiger partial charge in [0.15, 0.2) is 10.9 Å². The molecule has 0 saturated heterocycles. The number of amides is 1. The second kappa shape index (κ2) is 7.60. The molecule has 1 unspecified atom stereocenters. The molecule has 1 aromatic heterocycles. The lowest BCUT2D eigenvalue weighted by Gasteiger charge is -2.32. The number of para-hydroxylation sites is 1. The molecular formula is C20H22N4O2S. The number of aryl methyl sites for hydroxylation is 1. The molecule has 27 heavy (non-hydrogen) atoms. The highest BCUT2D eigenvalue weighted by Gasteiger charge is 2.35. The Morgan fingerprint density at radius 3 is 2.85 bits per heavy atom. The fourth-order valence-electron chi connectivity index (χ4n) is 3.19. The van der Waals surface area contributed by atoms with E-state index in [4.69, 9.17) is 14.5 Å². The minimum absolute atomic E-state index is 0.154. The van der Waals surface area contributed by atoms with Crippen LogP contribution in [0.25, 0.3) is 5.70 Å². The van der Waals surface area contributed by atoms with E-state index in [1.165, 1.54) is 12.8 Å². The highest BCUT2D eigenvalue weighted by Crippen LogP contribution is 2.31. The molecule has 1 aromatic carbocycles. The van der Waals surface area contributed by atoms with Crippen LogP contribution in [-0.4, -0.2) is 21.8 Å². The van der Waals surface area contributed by atoms with E-state index in [1.54, 1.807) is 16.8 Å². The number of nitrogens with zero attached hydrogens (tertiary/aromatic N) is 3. The van der Waals surface area contributed by atoms with Crippen molar-refractivity contribution in [3.05, 3.63) is 58.5 Å². The first-order chi connectivity index (χ1) is 13.2. The number of nitrogens with one attached hydrogen (secondary N) is 1. The third kappa shape index (κ3) is 3.51. The Kier molecular flexibility index (Phi) is 5.03. The summed E-state index contributed by atoms with van der Waals surface area (Å²) in [5.41, 5.74) is 0.512. The van der Waals surface area contributed by atoms with Gasteiger partial charge in [-0.1, -0.05) is 49.7 Å². The van der Waals surface area contributed by atoms with Crippen molar-refractivity contribution in [2.75, 3.05) is 5.75 Å². The summed E-state index contributed by atoms with van der Waals surface area (Å²) in [7, 11) is 0. The summed E-state index contributed by atoms with van der Waals surface area (Å²) < 4.78 is 5.81. The Hall–Kier alpha value is -2.54. The summed E-state index contributed by atoms with van der Waals surface area (Å²) in [6.07, 6.45) is 2.95. The zero-order valence-corrected chi connectivity index (χ0v) is 16.3. The van der Waals surface area contributed by atoms with Gasteiger partial charge >= 0.3 is 0 Å². The van der Waals surface area contributed by atoms with Gasteiger partial charge in [-0.15, -0.1) is 5.10 Å². The number of hydrogen-bond acceptors (Lipinski definition) is 6. The molecule has 0 spiro atoms. The summed E-state index contributed by atoms with van der Waals surface area (Å²) >= 11 is 1.57. The monoisotopic (exact) mass is 382 g/mol. The Morgan fingerprint density at radius 2 is 2.07 bits per heavy atom. The Labute approximate surface area is 162 Å². The van der Waals surface area contributed by atoms with Crippen LogP contribution in [-0.2, 0) is 4.79 Å². The topological polar surface area (TPSA) is 70.2 Å². The predicted octanol–water partition coefficient (Wildman–Crippen LogP) is 2.65. The summed E-state index contributed by atoms with van der Waals surface area (Å²) in [6.45, 7) is 4.07. The van der Waals surface area contributed by atoms with Gasteiger partial charge in [0.2, 0.25) is 6.17 Å². The van der Waals surface area contributed by atoms with Crippen molar-refractivity contribution in [3.8, 4) is 0 Å². The number of fused-ring (bicyclic) bond motifs is 2. The molecular weight excluding hydrogens is 360 g/mol. The first-order valence-corrected chi connectivity index (χ1v) is 10.2. The minimum Gasteiger partial charge on any atom is -0.462 e. The fraction of sp³-hybridized carbons (Fsp3) is 0.350. The molecule has 4 rings (SSSR count). The molecule has 2 aliphatic heterocycles. The van der Waals surface area contributed by atoms with Crippen LogP contribution < -0.4 is 15.9 Å². The van der Waals surface area contributed by atoms with Gasteiger partial charge in [-0.3, -0.25) is 10.1 Å². The van der Waals surface area contributed by atoms with Gasteiger partial charge in [-0.25, -0.2) is 10.0 Å². The van der Waals surface area contributed by atoms with E-state index < -0.39 is 6.17 Å². The maximum Gasteiger partial charge on any atom is 0.276 e. The van der Waals surface area contributed by atoms with Gasteiger partial charge in [-0.05, 0) is 31.5 Å². The third-order valence-electron chi connectivity index (χ3n) is 4.52. The van der Waals surface area contributed by atoms with E-state index in [0.717, 1.165) is 28.5 Å². The van der Waals surface area contributed by atoms with Crippen LogP contribution in [0, 0.1) is 6.92 Å². The fourth-order valence-corrected chi connectivity index (χ4v) is 4.04. The van der Waals surface area contributed by atoms with Crippen LogP contribution in [0.15, 0.2) is 50.9 Å². The molecule has 1 N–H and O–H groups in total. The molecule has 6 nitrogen and oxygen atoms in total. The van der Waals surface area contributed by atoms with Crippen LogP contribution in [0.2, 0.25) is 0 Å². The van der Waals surface area contributed by atoms with Crippen molar-refractivity contribution in [3.63, 3.8) is 0 Å². The number of rotatable bonds is 5. The van der Waals surface area contributed by atoms with E-state index in [1.807, 2.05) is 43.3 Å². The molecule has 7 heteroatoms. The van der Waals surface area contributed by atoms with E-state index in [2.05, 4.69) is 12.2 Å². The molecule has 0 saturated carbocycles. The van der Waals surface area contributed by atoms with Crippen LogP contribution in [0.4, 0.5) is 0 Å². The molecule has 1 amide bonds. The molecule has 1 atom stereocenters. The molecule has 0 radical (unpaired) electrons. The SMILES string of the molecule is CCCCCSC1=NN2C(=c3ccccc3=NC2c2ccc(C)o2)C(=O)N1. The first-order valence-electron chi connectivity index (χ1n) is 9.23. The van der Waals surface area contributed by atoms with Gasteiger partial charge in [-0.2, -0.15) is 0 Å². The first kappa shape index (κ1) is 17.9. The second-order valence-electron chi connectivity index (χ2n) is 6.58. The second-order valence-corrected chi connectivity index (χ2v) is 7.66. The molecule has 2 aromatic rings.